The molecule has 0 bridgehead atoms. The fourth-order valence-corrected chi connectivity index (χ4v) is 4.56. The average Bonchev–Trinajstić information content (AvgIpc) is 2.71. The van der Waals surface area contributed by atoms with Gasteiger partial charge in [0.15, 0.2) is 0 Å². The number of aryl methyl sites for hydroxylation is 1. The largest absolute Gasteiger partial charge is 0.360 e. The monoisotopic (exact) mass is 283 g/mol. The van der Waals surface area contributed by atoms with E-state index >= 15 is 0 Å². The van der Waals surface area contributed by atoms with E-state index in [4.69, 9.17) is 4.52 Å². The number of nitrogens with zero attached hydrogens (tertiary/aromatic N) is 1. The SMILES string of the molecule is Cc1cc(CS(=O)CCC2CC(C)CC(C)C2)on1. The lowest BCUT2D eigenvalue weighted by Crippen LogP contribution is -2.21. The first-order valence-corrected chi connectivity index (χ1v) is 8.79. The second-order valence-corrected chi connectivity index (χ2v) is 7.87. The molecule has 0 N–H and O–H groups in total. The van der Waals surface area contributed by atoms with Crippen LogP contribution in [-0.2, 0) is 16.6 Å². The van der Waals surface area contributed by atoms with Gasteiger partial charge in [-0.1, -0.05) is 19.0 Å². The Morgan fingerprint density at radius 2 is 2.00 bits per heavy atom. The van der Waals surface area contributed by atoms with Gasteiger partial charge in [0.1, 0.15) is 5.76 Å². The van der Waals surface area contributed by atoms with Crippen molar-refractivity contribution in [1.82, 2.24) is 5.16 Å². The van der Waals surface area contributed by atoms with Gasteiger partial charge in [0.2, 0.25) is 0 Å². The van der Waals surface area contributed by atoms with Crippen LogP contribution in [0.25, 0.3) is 0 Å². The third-order valence-corrected chi connectivity index (χ3v) is 5.31. The molecule has 1 aliphatic carbocycles. The molecule has 1 aromatic rings. The Balaban J connectivity index is 1.74. The highest BCUT2D eigenvalue weighted by molar-refractivity contribution is 7.84. The van der Waals surface area contributed by atoms with Crippen molar-refractivity contribution in [2.75, 3.05) is 5.75 Å². The van der Waals surface area contributed by atoms with E-state index in [-0.39, 0.29) is 0 Å². The van der Waals surface area contributed by atoms with E-state index in [2.05, 4.69) is 19.0 Å². The summed E-state index contributed by atoms with van der Waals surface area (Å²) in [5.74, 6) is 4.49. The molecule has 1 aliphatic rings. The Morgan fingerprint density at radius 3 is 2.58 bits per heavy atom. The molecule has 0 saturated heterocycles. The Bertz CT molecular complexity index is 420. The maximum absolute atomic E-state index is 12.1. The summed E-state index contributed by atoms with van der Waals surface area (Å²) in [6, 6.07) is 1.88. The molecule has 3 atom stereocenters. The van der Waals surface area contributed by atoms with E-state index in [1.807, 2.05) is 13.0 Å². The summed E-state index contributed by atoms with van der Waals surface area (Å²) >= 11 is 0. The number of hydrogen-bond acceptors (Lipinski definition) is 3. The summed E-state index contributed by atoms with van der Waals surface area (Å²) in [5, 5.41) is 3.83. The van der Waals surface area contributed by atoms with Gasteiger partial charge >= 0.3 is 0 Å². The molecule has 108 valence electrons. The Labute approximate surface area is 118 Å². The lowest BCUT2D eigenvalue weighted by Gasteiger charge is -2.31. The molecule has 1 heterocycles. The van der Waals surface area contributed by atoms with Crippen molar-refractivity contribution in [2.24, 2.45) is 17.8 Å². The summed E-state index contributed by atoms with van der Waals surface area (Å²) < 4.78 is 17.2. The molecule has 2 rings (SSSR count). The van der Waals surface area contributed by atoms with E-state index in [1.165, 1.54) is 19.3 Å². The summed E-state index contributed by atoms with van der Waals surface area (Å²) in [4.78, 5) is 0. The molecular weight excluding hydrogens is 258 g/mol. The molecule has 3 unspecified atom stereocenters. The van der Waals surface area contributed by atoms with Gasteiger partial charge in [0, 0.05) is 22.6 Å². The van der Waals surface area contributed by atoms with Gasteiger partial charge in [0.05, 0.1) is 11.4 Å². The zero-order valence-electron chi connectivity index (χ0n) is 12.2. The van der Waals surface area contributed by atoms with Gasteiger partial charge in [0.25, 0.3) is 0 Å². The van der Waals surface area contributed by atoms with Crippen LogP contribution in [-0.4, -0.2) is 15.1 Å². The molecule has 0 radical (unpaired) electrons. The first-order valence-electron chi connectivity index (χ1n) is 7.30. The first kappa shape index (κ1) is 14.8. The molecule has 0 aliphatic heterocycles. The zero-order valence-corrected chi connectivity index (χ0v) is 13.0. The lowest BCUT2D eigenvalue weighted by molar-refractivity contribution is 0.215. The second-order valence-electron chi connectivity index (χ2n) is 6.30. The smallest absolute Gasteiger partial charge is 0.149 e. The van der Waals surface area contributed by atoms with Crippen molar-refractivity contribution < 1.29 is 8.73 Å². The van der Waals surface area contributed by atoms with Crippen molar-refractivity contribution in [2.45, 2.75) is 52.2 Å². The quantitative estimate of drug-likeness (QED) is 0.827. The highest BCUT2D eigenvalue weighted by Gasteiger charge is 2.24. The predicted octanol–water partition coefficient (Wildman–Crippen LogP) is 3.69. The van der Waals surface area contributed by atoms with E-state index in [9.17, 15) is 4.21 Å². The van der Waals surface area contributed by atoms with E-state index < -0.39 is 10.8 Å². The number of aromatic nitrogens is 1. The summed E-state index contributed by atoms with van der Waals surface area (Å²) in [7, 11) is -0.816. The minimum atomic E-state index is -0.816. The average molecular weight is 283 g/mol. The molecule has 1 saturated carbocycles. The van der Waals surface area contributed by atoms with E-state index in [0.717, 1.165) is 41.4 Å². The molecule has 0 amide bonds. The molecule has 0 spiro atoms. The minimum Gasteiger partial charge on any atom is -0.360 e. The van der Waals surface area contributed by atoms with Crippen LogP contribution in [0.1, 0.15) is 51.0 Å². The Kier molecular flexibility index (Phi) is 5.20. The maximum atomic E-state index is 12.1. The van der Waals surface area contributed by atoms with Crippen LogP contribution in [0.2, 0.25) is 0 Å². The third-order valence-electron chi connectivity index (χ3n) is 4.01. The molecule has 1 fully saturated rings. The van der Waals surface area contributed by atoms with Gasteiger partial charge in [-0.3, -0.25) is 4.21 Å². The normalized spacial score (nSPS) is 29.3. The van der Waals surface area contributed by atoms with Crippen LogP contribution in [0.4, 0.5) is 0 Å². The Morgan fingerprint density at radius 1 is 1.32 bits per heavy atom. The van der Waals surface area contributed by atoms with Crippen molar-refractivity contribution in [1.29, 1.82) is 0 Å². The van der Waals surface area contributed by atoms with Crippen LogP contribution < -0.4 is 0 Å². The topological polar surface area (TPSA) is 43.1 Å². The van der Waals surface area contributed by atoms with E-state index in [0.29, 0.717) is 5.75 Å². The van der Waals surface area contributed by atoms with Crippen LogP contribution in [0.5, 0.6) is 0 Å². The van der Waals surface area contributed by atoms with Crippen LogP contribution in [0, 0.1) is 24.7 Å². The minimum absolute atomic E-state index is 0.513. The summed E-state index contributed by atoms with van der Waals surface area (Å²) in [5.41, 5.74) is 0.863. The Hall–Kier alpha value is -0.640. The lowest BCUT2D eigenvalue weighted by atomic mass is 9.76. The van der Waals surface area contributed by atoms with Gasteiger partial charge in [-0.2, -0.15) is 0 Å². The second kappa shape index (κ2) is 6.69. The maximum Gasteiger partial charge on any atom is 0.149 e. The van der Waals surface area contributed by atoms with Crippen molar-refractivity contribution in [3.8, 4) is 0 Å². The molecule has 4 heteroatoms. The predicted molar refractivity (Wildman–Crippen MR) is 78.2 cm³/mol. The zero-order chi connectivity index (χ0) is 13.8. The molecule has 19 heavy (non-hydrogen) atoms. The fraction of sp³-hybridized carbons (Fsp3) is 0.800. The fourth-order valence-electron chi connectivity index (χ4n) is 3.36. The summed E-state index contributed by atoms with van der Waals surface area (Å²) in [6.07, 6.45) is 5.07. The number of hydrogen-bond donors (Lipinski definition) is 0. The van der Waals surface area contributed by atoms with Crippen molar-refractivity contribution >= 4 is 10.8 Å². The van der Waals surface area contributed by atoms with Crippen LogP contribution in [0.15, 0.2) is 10.6 Å². The molecule has 1 aromatic heterocycles. The van der Waals surface area contributed by atoms with Crippen molar-refractivity contribution in [3.63, 3.8) is 0 Å². The standard InChI is InChI=1S/C15H25NO2S/c1-11-6-12(2)8-14(7-11)4-5-19(17)10-15-9-13(3)16-18-15/h9,11-12,14H,4-8,10H2,1-3H3. The first-order chi connectivity index (χ1) is 9.02. The third kappa shape index (κ3) is 4.75. The van der Waals surface area contributed by atoms with Crippen LogP contribution >= 0.6 is 0 Å². The van der Waals surface area contributed by atoms with Gasteiger partial charge in [-0.15, -0.1) is 0 Å². The highest BCUT2D eigenvalue weighted by atomic mass is 32.2. The molecular formula is C15H25NO2S. The molecule has 0 aromatic carbocycles. The highest BCUT2D eigenvalue weighted by Crippen LogP contribution is 2.34. The van der Waals surface area contributed by atoms with E-state index in [1.54, 1.807) is 0 Å². The molecule has 3 nitrogen and oxygen atoms in total. The van der Waals surface area contributed by atoms with Gasteiger partial charge < -0.3 is 4.52 Å². The summed E-state index contributed by atoms with van der Waals surface area (Å²) in [6.45, 7) is 6.58. The van der Waals surface area contributed by atoms with Gasteiger partial charge in [-0.05, 0) is 50.4 Å². The van der Waals surface area contributed by atoms with Gasteiger partial charge in [-0.25, -0.2) is 0 Å². The van der Waals surface area contributed by atoms with Crippen molar-refractivity contribution in [3.05, 3.63) is 17.5 Å². The number of rotatable bonds is 5. The van der Waals surface area contributed by atoms with Crippen LogP contribution in [0.3, 0.4) is 0 Å².